The summed E-state index contributed by atoms with van der Waals surface area (Å²) in [4.78, 5) is 27.7. The number of nitrogens with one attached hydrogen (secondary N) is 2. The standard InChI is InChI=1S/C17H19N7OS/c1-23-13(5-7-21-23)16-15-12(19-10-20-15)6-8-24(16)17(25)22-14-4-3-11(26-2)9-18-14/h3-5,7,9-10,16H,6,8H2,1-2H3,(H,19,20)(H,18,22,25). The van der Waals surface area contributed by atoms with Crippen molar-refractivity contribution in [1.82, 2.24) is 29.6 Å². The van der Waals surface area contributed by atoms with Gasteiger partial charge in [0.15, 0.2) is 0 Å². The van der Waals surface area contributed by atoms with Gasteiger partial charge in [0, 0.05) is 43.0 Å². The van der Waals surface area contributed by atoms with E-state index in [1.165, 1.54) is 0 Å². The Morgan fingerprint density at radius 1 is 1.35 bits per heavy atom. The molecule has 8 nitrogen and oxygen atoms in total. The maximum absolute atomic E-state index is 13.0. The van der Waals surface area contributed by atoms with E-state index in [-0.39, 0.29) is 12.1 Å². The number of hydrogen-bond donors (Lipinski definition) is 2. The van der Waals surface area contributed by atoms with Crippen LogP contribution in [0, 0.1) is 0 Å². The molecular formula is C17H19N7OS. The molecule has 2 N–H and O–H groups in total. The molecule has 1 atom stereocenters. The highest BCUT2D eigenvalue weighted by Crippen LogP contribution is 2.33. The highest BCUT2D eigenvalue weighted by atomic mass is 32.2. The summed E-state index contributed by atoms with van der Waals surface area (Å²) in [6.45, 7) is 0.583. The number of carbonyl (C=O) groups is 1. The molecule has 26 heavy (non-hydrogen) atoms. The van der Waals surface area contributed by atoms with Crippen LogP contribution in [0.4, 0.5) is 10.6 Å². The van der Waals surface area contributed by atoms with E-state index >= 15 is 0 Å². The van der Waals surface area contributed by atoms with Gasteiger partial charge in [-0.15, -0.1) is 11.8 Å². The number of nitrogens with zero attached hydrogens (tertiary/aromatic N) is 5. The summed E-state index contributed by atoms with van der Waals surface area (Å²) in [6.07, 6.45) is 7.88. The first-order valence-corrected chi connectivity index (χ1v) is 9.47. The molecule has 4 rings (SSSR count). The number of hydrogen-bond acceptors (Lipinski definition) is 5. The monoisotopic (exact) mass is 369 g/mol. The molecule has 1 unspecified atom stereocenters. The number of aryl methyl sites for hydroxylation is 1. The second-order valence-electron chi connectivity index (χ2n) is 6.01. The normalized spacial score (nSPS) is 16.4. The maximum Gasteiger partial charge on any atom is 0.323 e. The second-order valence-corrected chi connectivity index (χ2v) is 6.89. The van der Waals surface area contributed by atoms with E-state index in [0.717, 1.165) is 28.4 Å². The maximum atomic E-state index is 13.0. The first-order valence-electron chi connectivity index (χ1n) is 8.25. The minimum absolute atomic E-state index is 0.200. The first kappa shape index (κ1) is 16.6. The molecular weight excluding hydrogens is 350 g/mol. The predicted molar refractivity (Wildman–Crippen MR) is 99.1 cm³/mol. The molecule has 0 spiro atoms. The molecule has 4 heterocycles. The van der Waals surface area contributed by atoms with Crippen molar-refractivity contribution in [3.63, 3.8) is 0 Å². The predicted octanol–water partition coefficient (Wildman–Crippen LogP) is 2.44. The molecule has 3 aromatic heterocycles. The third kappa shape index (κ3) is 2.94. The Morgan fingerprint density at radius 2 is 2.23 bits per heavy atom. The molecule has 2 amide bonds. The van der Waals surface area contributed by atoms with E-state index in [4.69, 9.17) is 0 Å². The molecule has 0 saturated heterocycles. The summed E-state index contributed by atoms with van der Waals surface area (Å²) in [5.41, 5.74) is 2.84. The third-order valence-electron chi connectivity index (χ3n) is 4.53. The van der Waals surface area contributed by atoms with E-state index in [1.54, 1.807) is 40.1 Å². The van der Waals surface area contributed by atoms with Crippen molar-refractivity contribution in [3.05, 3.63) is 54.0 Å². The van der Waals surface area contributed by atoms with Crippen LogP contribution in [0.3, 0.4) is 0 Å². The van der Waals surface area contributed by atoms with Crippen molar-refractivity contribution in [2.45, 2.75) is 17.4 Å². The summed E-state index contributed by atoms with van der Waals surface area (Å²) in [7, 11) is 1.87. The topological polar surface area (TPSA) is 91.7 Å². The van der Waals surface area contributed by atoms with Gasteiger partial charge in [0.1, 0.15) is 11.9 Å². The number of imidazole rings is 1. The van der Waals surface area contributed by atoms with Crippen LogP contribution in [-0.2, 0) is 13.5 Å². The fourth-order valence-electron chi connectivity index (χ4n) is 3.20. The van der Waals surface area contributed by atoms with Gasteiger partial charge in [-0.2, -0.15) is 5.10 Å². The SMILES string of the molecule is CSc1ccc(NC(=O)N2CCc3[nH]cnc3C2c2ccnn2C)nc1. The fourth-order valence-corrected chi connectivity index (χ4v) is 3.57. The molecule has 0 bridgehead atoms. The van der Waals surface area contributed by atoms with Gasteiger partial charge in [0.05, 0.1) is 17.7 Å². The molecule has 0 saturated carbocycles. The van der Waals surface area contributed by atoms with Crippen molar-refractivity contribution >= 4 is 23.6 Å². The first-order chi connectivity index (χ1) is 12.7. The number of H-pyrrole nitrogens is 1. The van der Waals surface area contributed by atoms with Crippen molar-refractivity contribution in [3.8, 4) is 0 Å². The number of fused-ring (bicyclic) bond motifs is 1. The van der Waals surface area contributed by atoms with E-state index in [1.807, 2.05) is 31.5 Å². The Hall–Kier alpha value is -2.81. The van der Waals surface area contributed by atoms with E-state index in [2.05, 4.69) is 25.4 Å². The Labute approximate surface area is 155 Å². The van der Waals surface area contributed by atoms with Crippen LogP contribution in [0.25, 0.3) is 0 Å². The summed E-state index contributed by atoms with van der Waals surface area (Å²) < 4.78 is 1.78. The smallest absolute Gasteiger partial charge is 0.323 e. The summed E-state index contributed by atoms with van der Waals surface area (Å²) in [5.74, 6) is 0.532. The quantitative estimate of drug-likeness (QED) is 0.692. The van der Waals surface area contributed by atoms with Gasteiger partial charge in [-0.25, -0.2) is 14.8 Å². The average molecular weight is 369 g/mol. The van der Waals surface area contributed by atoms with E-state index in [0.29, 0.717) is 12.4 Å². The Balaban J connectivity index is 1.63. The highest BCUT2D eigenvalue weighted by Gasteiger charge is 2.35. The van der Waals surface area contributed by atoms with Gasteiger partial charge in [-0.3, -0.25) is 10.00 Å². The van der Waals surface area contributed by atoms with Crippen molar-refractivity contribution in [2.75, 3.05) is 18.1 Å². The molecule has 0 fully saturated rings. The zero-order valence-electron chi connectivity index (χ0n) is 14.5. The lowest BCUT2D eigenvalue weighted by Crippen LogP contribution is -2.43. The van der Waals surface area contributed by atoms with Crippen molar-refractivity contribution in [2.24, 2.45) is 7.05 Å². The average Bonchev–Trinajstić information content (AvgIpc) is 3.30. The molecule has 9 heteroatoms. The van der Waals surface area contributed by atoms with Gasteiger partial charge >= 0.3 is 6.03 Å². The largest absolute Gasteiger partial charge is 0.348 e. The van der Waals surface area contributed by atoms with Crippen LogP contribution in [0.2, 0.25) is 0 Å². The number of rotatable bonds is 3. The van der Waals surface area contributed by atoms with Crippen LogP contribution < -0.4 is 5.32 Å². The number of urea groups is 1. The lowest BCUT2D eigenvalue weighted by molar-refractivity contribution is 0.189. The zero-order valence-corrected chi connectivity index (χ0v) is 15.3. The molecule has 1 aliphatic rings. The lowest BCUT2D eigenvalue weighted by Gasteiger charge is -2.34. The minimum Gasteiger partial charge on any atom is -0.348 e. The van der Waals surface area contributed by atoms with Crippen molar-refractivity contribution in [1.29, 1.82) is 0 Å². The molecule has 3 aromatic rings. The highest BCUT2D eigenvalue weighted by molar-refractivity contribution is 7.98. The Morgan fingerprint density at radius 3 is 2.92 bits per heavy atom. The number of pyridine rings is 1. The van der Waals surface area contributed by atoms with Crippen molar-refractivity contribution < 1.29 is 4.79 Å². The van der Waals surface area contributed by atoms with Gasteiger partial charge in [0.25, 0.3) is 0 Å². The fraction of sp³-hybridized carbons (Fsp3) is 0.294. The lowest BCUT2D eigenvalue weighted by atomic mass is 10.0. The molecule has 0 aliphatic carbocycles. The van der Waals surface area contributed by atoms with Gasteiger partial charge < -0.3 is 9.88 Å². The van der Waals surface area contributed by atoms with Gasteiger partial charge in [-0.05, 0) is 24.5 Å². The zero-order chi connectivity index (χ0) is 18.1. The summed E-state index contributed by atoms with van der Waals surface area (Å²) in [5, 5.41) is 7.15. The number of aromatic nitrogens is 5. The molecule has 134 valence electrons. The van der Waals surface area contributed by atoms with Crippen LogP contribution in [-0.4, -0.2) is 48.5 Å². The van der Waals surface area contributed by atoms with Crippen LogP contribution in [0.5, 0.6) is 0 Å². The second kappa shape index (κ2) is 6.83. The van der Waals surface area contributed by atoms with Crippen LogP contribution >= 0.6 is 11.8 Å². The number of carbonyl (C=O) groups excluding carboxylic acids is 1. The number of amides is 2. The Kier molecular flexibility index (Phi) is 4.37. The minimum atomic E-state index is -0.289. The van der Waals surface area contributed by atoms with Crippen LogP contribution in [0.1, 0.15) is 23.1 Å². The third-order valence-corrected chi connectivity index (χ3v) is 5.24. The van der Waals surface area contributed by atoms with E-state index in [9.17, 15) is 4.79 Å². The van der Waals surface area contributed by atoms with Gasteiger partial charge in [0.2, 0.25) is 0 Å². The summed E-state index contributed by atoms with van der Waals surface area (Å²) >= 11 is 1.61. The summed E-state index contributed by atoms with van der Waals surface area (Å²) in [6, 6.07) is 5.18. The number of aromatic amines is 1. The molecule has 0 radical (unpaired) electrons. The number of anilines is 1. The van der Waals surface area contributed by atoms with Gasteiger partial charge in [-0.1, -0.05) is 0 Å². The molecule has 0 aromatic carbocycles. The van der Waals surface area contributed by atoms with E-state index < -0.39 is 0 Å². The molecule has 1 aliphatic heterocycles. The Bertz CT molecular complexity index is 917. The van der Waals surface area contributed by atoms with Crippen LogP contribution in [0.15, 0.2) is 41.8 Å². The number of thioether (sulfide) groups is 1.